The van der Waals surface area contributed by atoms with Crippen molar-refractivity contribution < 1.29 is 0 Å². The molecule has 0 bridgehead atoms. The van der Waals surface area contributed by atoms with E-state index < -0.39 is 0 Å². The fourth-order valence-corrected chi connectivity index (χ4v) is 2.90. The molecule has 5 N–H and O–H groups in total. The molecule has 0 radical (unpaired) electrons. The molecule has 2 aromatic carbocycles. The Morgan fingerprint density at radius 3 is 2.48 bits per heavy atom. The number of nitrogens with two attached hydrogens (primary N) is 2. The van der Waals surface area contributed by atoms with Gasteiger partial charge in [0.1, 0.15) is 0 Å². The first-order valence-electron chi connectivity index (χ1n) is 7.01. The molecule has 3 aromatic rings. The van der Waals surface area contributed by atoms with Gasteiger partial charge in [0.05, 0.1) is 16.7 Å². The van der Waals surface area contributed by atoms with E-state index in [2.05, 4.69) is 20.2 Å². The molecule has 0 aliphatic heterocycles. The van der Waals surface area contributed by atoms with Crippen LogP contribution >= 0.6 is 11.8 Å². The average molecular weight is 324 g/mol. The summed E-state index contributed by atoms with van der Waals surface area (Å²) in [5.41, 5.74) is 14.5. The molecule has 0 aliphatic carbocycles. The van der Waals surface area contributed by atoms with Gasteiger partial charge < -0.3 is 16.5 Å². The van der Waals surface area contributed by atoms with Crippen molar-refractivity contribution >= 4 is 34.5 Å². The first-order valence-corrected chi connectivity index (χ1v) is 7.99. The van der Waals surface area contributed by atoms with E-state index in [1.54, 1.807) is 11.8 Å². The molecule has 6 nitrogen and oxygen atoms in total. The average Bonchev–Trinajstić information content (AvgIpc) is 2.98. The topological polar surface area (TPSA) is 105 Å². The SMILES string of the molecule is NC(N)=NN=C(CSc1nc2ccccc2[nH]1)c1ccccc1. The summed E-state index contributed by atoms with van der Waals surface area (Å²) in [4.78, 5) is 7.82. The number of hydrogen-bond acceptors (Lipinski definition) is 4. The number of nitrogens with zero attached hydrogens (tertiary/aromatic N) is 3. The van der Waals surface area contributed by atoms with Crippen LogP contribution in [0.15, 0.2) is 70.0 Å². The second kappa shape index (κ2) is 6.97. The largest absolute Gasteiger partial charge is 0.369 e. The molecule has 0 unspecified atom stereocenters. The normalized spacial score (nSPS) is 11.6. The number of rotatable bonds is 5. The standard InChI is InChI=1S/C16H16N6S/c17-15(18)22-21-14(11-6-2-1-3-7-11)10-23-16-19-12-8-4-5-9-13(12)20-16/h1-9H,10H2,(H,19,20)(H4,17,18,22). The van der Waals surface area contributed by atoms with Gasteiger partial charge in [0, 0.05) is 5.75 Å². The lowest BCUT2D eigenvalue weighted by atomic mass is 10.1. The van der Waals surface area contributed by atoms with Gasteiger partial charge in [-0.15, -0.1) is 5.10 Å². The van der Waals surface area contributed by atoms with Crippen LogP contribution in [0.1, 0.15) is 5.56 Å². The zero-order chi connectivity index (χ0) is 16.1. The Balaban J connectivity index is 1.81. The Bertz CT molecular complexity index is 816. The third kappa shape index (κ3) is 3.89. The highest BCUT2D eigenvalue weighted by molar-refractivity contribution is 7.99. The van der Waals surface area contributed by atoms with E-state index in [1.165, 1.54) is 0 Å². The minimum absolute atomic E-state index is 0.0628. The molecular formula is C16H16N6S. The number of thioether (sulfide) groups is 1. The van der Waals surface area contributed by atoms with Gasteiger partial charge in [-0.25, -0.2) is 4.98 Å². The summed E-state index contributed by atoms with van der Waals surface area (Å²) >= 11 is 1.55. The number of aromatic amines is 1. The zero-order valence-corrected chi connectivity index (χ0v) is 13.1. The summed E-state index contributed by atoms with van der Waals surface area (Å²) in [5, 5.41) is 8.76. The number of guanidine groups is 1. The summed E-state index contributed by atoms with van der Waals surface area (Å²) in [7, 11) is 0. The monoisotopic (exact) mass is 324 g/mol. The van der Waals surface area contributed by atoms with Gasteiger partial charge in [-0.1, -0.05) is 54.2 Å². The first-order chi connectivity index (χ1) is 11.2. The third-order valence-corrected chi connectivity index (χ3v) is 3.99. The van der Waals surface area contributed by atoms with Crippen LogP contribution in [0.4, 0.5) is 0 Å². The van der Waals surface area contributed by atoms with E-state index in [9.17, 15) is 0 Å². The summed E-state index contributed by atoms with van der Waals surface area (Å²) in [5.74, 6) is 0.535. The first kappa shape index (κ1) is 15.1. The molecule has 0 spiro atoms. The summed E-state index contributed by atoms with van der Waals surface area (Å²) < 4.78 is 0. The Kier molecular flexibility index (Phi) is 4.58. The second-order valence-electron chi connectivity index (χ2n) is 4.79. The molecule has 0 saturated heterocycles. The van der Waals surface area contributed by atoms with Crippen LogP contribution < -0.4 is 11.5 Å². The molecule has 0 atom stereocenters. The Labute approximate surface area is 137 Å². The lowest BCUT2D eigenvalue weighted by molar-refractivity contribution is 1.08. The van der Waals surface area contributed by atoms with Gasteiger partial charge in [-0.3, -0.25) is 0 Å². The van der Waals surface area contributed by atoms with Crippen LogP contribution in [-0.2, 0) is 0 Å². The number of H-pyrrole nitrogens is 1. The number of aromatic nitrogens is 2. The maximum absolute atomic E-state index is 5.37. The summed E-state index contributed by atoms with van der Waals surface area (Å²) in [6.07, 6.45) is 0. The van der Waals surface area contributed by atoms with E-state index in [0.29, 0.717) is 5.75 Å². The molecule has 3 rings (SSSR count). The van der Waals surface area contributed by atoms with Crippen molar-refractivity contribution in [3.8, 4) is 0 Å². The van der Waals surface area contributed by atoms with Crippen LogP contribution in [0, 0.1) is 0 Å². The Morgan fingerprint density at radius 1 is 1.00 bits per heavy atom. The second-order valence-corrected chi connectivity index (χ2v) is 5.75. The summed E-state index contributed by atoms with van der Waals surface area (Å²) in [6.45, 7) is 0. The van der Waals surface area contributed by atoms with Gasteiger partial charge in [-0.2, -0.15) is 5.10 Å². The zero-order valence-electron chi connectivity index (χ0n) is 12.3. The van der Waals surface area contributed by atoms with Crippen LogP contribution in [0.2, 0.25) is 0 Å². The van der Waals surface area contributed by atoms with E-state index in [0.717, 1.165) is 27.5 Å². The fraction of sp³-hybridized carbons (Fsp3) is 0.0625. The van der Waals surface area contributed by atoms with Crippen LogP contribution in [-0.4, -0.2) is 27.4 Å². The van der Waals surface area contributed by atoms with Crippen molar-refractivity contribution in [1.82, 2.24) is 9.97 Å². The highest BCUT2D eigenvalue weighted by atomic mass is 32.2. The van der Waals surface area contributed by atoms with E-state index in [-0.39, 0.29) is 5.96 Å². The molecule has 23 heavy (non-hydrogen) atoms. The molecular weight excluding hydrogens is 308 g/mol. The number of para-hydroxylation sites is 2. The number of imidazole rings is 1. The molecule has 0 aliphatic rings. The quantitative estimate of drug-likeness (QED) is 0.290. The van der Waals surface area contributed by atoms with E-state index in [1.807, 2.05) is 54.6 Å². The van der Waals surface area contributed by atoms with Crippen molar-refractivity contribution in [3.05, 3.63) is 60.2 Å². The minimum Gasteiger partial charge on any atom is -0.369 e. The lowest BCUT2D eigenvalue weighted by Crippen LogP contribution is -2.22. The number of fused-ring (bicyclic) bond motifs is 1. The molecule has 0 saturated carbocycles. The minimum atomic E-state index is -0.0628. The van der Waals surface area contributed by atoms with Gasteiger partial charge in [0.15, 0.2) is 5.16 Å². The smallest absolute Gasteiger partial charge is 0.211 e. The third-order valence-electron chi connectivity index (χ3n) is 3.11. The number of nitrogens with one attached hydrogen (secondary N) is 1. The van der Waals surface area contributed by atoms with Gasteiger partial charge in [-0.05, 0) is 17.7 Å². The van der Waals surface area contributed by atoms with Gasteiger partial charge in [0.25, 0.3) is 0 Å². The predicted molar refractivity (Wildman–Crippen MR) is 95.6 cm³/mol. The molecule has 1 heterocycles. The number of hydrogen-bond donors (Lipinski definition) is 3. The van der Waals surface area contributed by atoms with Crippen molar-refractivity contribution in [2.75, 3.05) is 5.75 Å². The predicted octanol–water partition coefficient (Wildman–Crippen LogP) is 2.33. The van der Waals surface area contributed by atoms with Crippen LogP contribution in [0.3, 0.4) is 0 Å². The maximum Gasteiger partial charge on any atom is 0.211 e. The highest BCUT2D eigenvalue weighted by Gasteiger charge is 2.08. The van der Waals surface area contributed by atoms with E-state index >= 15 is 0 Å². The lowest BCUT2D eigenvalue weighted by Gasteiger charge is -2.03. The van der Waals surface area contributed by atoms with Crippen molar-refractivity contribution in [2.45, 2.75) is 5.16 Å². The molecule has 0 fully saturated rings. The summed E-state index contributed by atoms with van der Waals surface area (Å²) in [6, 6.07) is 17.7. The van der Waals surface area contributed by atoms with Crippen molar-refractivity contribution in [2.24, 2.45) is 21.7 Å². The molecule has 1 aromatic heterocycles. The van der Waals surface area contributed by atoms with Crippen molar-refractivity contribution in [1.29, 1.82) is 0 Å². The fourth-order valence-electron chi connectivity index (χ4n) is 2.05. The van der Waals surface area contributed by atoms with Crippen LogP contribution in [0.25, 0.3) is 11.0 Å². The van der Waals surface area contributed by atoms with Crippen molar-refractivity contribution in [3.63, 3.8) is 0 Å². The number of benzene rings is 2. The Morgan fingerprint density at radius 2 is 1.74 bits per heavy atom. The molecule has 0 amide bonds. The Hall–Kier alpha value is -2.80. The van der Waals surface area contributed by atoms with Crippen LogP contribution in [0.5, 0.6) is 0 Å². The highest BCUT2D eigenvalue weighted by Crippen LogP contribution is 2.20. The maximum atomic E-state index is 5.37. The molecule has 7 heteroatoms. The van der Waals surface area contributed by atoms with E-state index in [4.69, 9.17) is 11.5 Å². The molecule has 116 valence electrons. The van der Waals surface area contributed by atoms with Gasteiger partial charge in [0.2, 0.25) is 5.96 Å². The van der Waals surface area contributed by atoms with Gasteiger partial charge >= 0.3 is 0 Å².